The highest BCUT2D eigenvalue weighted by Crippen LogP contribution is 2.61. The second-order valence-electron chi connectivity index (χ2n) is 10.5. The van der Waals surface area contributed by atoms with Crippen molar-refractivity contribution in [3.63, 3.8) is 0 Å². The number of Topliss-reactive ketones (excluding diaryl/α,β-unsaturated/α-hetero) is 3. The summed E-state index contributed by atoms with van der Waals surface area (Å²) in [5.74, 6) is -1.22. The van der Waals surface area contributed by atoms with E-state index in [2.05, 4.69) is 0 Å². The molecule has 202 valence electrons. The van der Waals surface area contributed by atoms with E-state index < -0.39 is 23.4 Å². The van der Waals surface area contributed by atoms with Crippen molar-refractivity contribution in [2.45, 2.75) is 18.0 Å². The molecule has 0 unspecified atom stereocenters. The molecule has 3 aliphatic rings. The number of ether oxygens (including phenoxy) is 1. The van der Waals surface area contributed by atoms with Gasteiger partial charge in [-0.05, 0) is 47.5 Å². The molecule has 0 N–H and O–H groups in total. The lowest BCUT2D eigenvalue weighted by atomic mass is 9.64. The molecule has 2 heterocycles. The molecule has 7 rings (SSSR count). The van der Waals surface area contributed by atoms with Crippen molar-refractivity contribution in [3.8, 4) is 5.75 Å². The van der Waals surface area contributed by atoms with Crippen molar-refractivity contribution in [3.05, 3.63) is 135 Å². The van der Waals surface area contributed by atoms with Gasteiger partial charge in [0.2, 0.25) is 0 Å². The Labute approximate surface area is 247 Å². The molecule has 3 atom stereocenters. The minimum Gasteiger partial charge on any atom is -0.497 e. The number of halogens is 2. The number of anilines is 1. The topological polar surface area (TPSA) is 63.7 Å². The van der Waals surface area contributed by atoms with Crippen molar-refractivity contribution >= 4 is 52.3 Å². The largest absolute Gasteiger partial charge is 0.497 e. The predicted octanol–water partition coefficient (Wildman–Crippen LogP) is 7.32. The maximum Gasteiger partial charge on any atom is 0.186 e. The molecule has 0 saturated carbocycles. The van der Waals surface area contributed by atoms with E-state index in [0.717, 1.165) is 5.56 Å². The van der Waals surface area contributed by atoms with Crippen molar-refractivity contribution in [1.82, 2.24) is 0 Å². The Morgan fingerprint density at radius 2 is 1.56 bits per heavy atom. The monoisotopic (exact) mass is 579 g/mol. The van der Waals surface area contributed by atoms with Gasteiger partial charge < -0.3 is 9.64 Å². The Balaban J connectivity index is 1.56. The summed E-state index contributed by atoms with van der Waals surface area (Å²) in [6.45, 7) is 0. The van der Waals surface area contributed by atoms with Crippen LogP contribution in [0.1, 0.15) is 48.1 Å². The fourth-order valence-corrected chi connectivity index (χ4v) is 7.40. The lowest BCUT2D eigenvalue weighted by Crippen LogP contribution is -2.48. The molecule has 2 aliphatic heterocycles. The van der Waals surface area contributed by atoms with Crippen LogP contribution >= 0.6 is 23.2 Å². The van der Waals surface area contributed by atoms with Gasteiger partial charge in [0.25, 0.3) is 0 Å². The predicted molar refractivity (Wildman–Crippen MR) is 160 cm³/mol. The van der Waals surface area contributed by atoms with E-state index >= 15 is 0 Å². The summed E-state index contributed by atoms with van der Waals surface area (Å²) in [6, 6.07) is 24.7. The van der Waals surface area contributed by atoms with Crippen LogP contribution in [0.15, 0.2) is 97.1 Å². The Bertz CT molecular complexity index is 1780. The molecular weight excluding hydrogens is 557 g/mol. The molecule has 41 heavy (non-hydrogen) atoms. The molecule has 4 aromatic rings. The zero-order valence-corrected chi connectivity index (χ0v) is 23.4. The molecule has 1 fully saturated rings. The Kier molecular flexibility index (Phi) is 5.93. The first-order valence-electron chi connectivity index (χ1n) is 13.3. The van der Waals surface area contributed by atoms with Gasteiger partial charge in [-0.3, -0.25) is 14.4 Å². The highest BCUT2D eigenvalue weighted by atomic mass is 35.5. The molecule has 0 bridgehead atoms. The number of hydrogen-bond acceptors (Lipinski definition) is 5. The number of methoxy groups -OCH3 is 1. The van der Waals surface area contributed by atoms with E-state index in [1.54, 1.807) is 73.8 Å². The first-order valence-corrected chi connectivity index (χ1v) is 14.0. The molecule has 5 nitrogen and oxygen atoms in total. The van der Waals surface area contributed by atoms with Gasteiger partial charge in [0, 0.05) is 38.3 Å². The second-order valence-corrected chi connectivity index (χ2v) is 11.4. The van der Waals surface area contributed by atoms with Gasteiger partial charge >= 0.3 is 0 Å². The van der Waals surface area contributed by atoms with Gasteiger partial charge in [0.15, 0.2) is 17.3 Å². The molecule has 1 spiro atoms. The van der Waals surface area contributed by atoms with Crippen LogP contribution in [0.2, 0.25) is 10.0 Å². The second kappa shape index (κ2) is 9.44. The number of carbonyl (C=O) groups excluding carboxylic acids is 3. The number of benzene rings is 4. The lowest BCUT2D eigenvalue weighted by Gasteiger charge is -2.37. The fraction of sp³-hybridized carbons (Fsp3) is 0.147. The number of ketones is 3. The van der Waals surface area contributed by atoms with Crippen LogP contribution in [0.5, 0.6) is 5.75 Å². The van der Waals surface area contributed by atoms with E-state index in [0.29, 0.717) is 43.7 Å². The fourth-order valence-electron chi connectivity index (χ4n) is 6.97. The van der Waals surface area contributed by atoms with Gasteiger partial charge in [-0.2, -0.15) is 0 Å². The van der Waals surface area contributed by atoms with E-state index in [1.165, 1.54) is 0 Å². The summed E-state index contributed by atoms with van der Waals surface area (Å²) >= 11 is 13.2. The van der Waals surface area contributed by atoms with Gasteiger partial charge in [-0.15, -0.1) is 0 Å². The zero-order valence-electron chi connectivity index (χ0n) is 21.9. The average molecular weight is 580 g/mol. The SMILES string of the molecule is COc1cccc(C(=O)[C@H]2[C@@H](c3ccccc3Cl)C3(C(=O)c4ccccc4C3=O)[C@H]3C=Cc4cc(Cl)ccc4N23)c1. The standard InChI is InChI=1S/C34H23Cl2NO4/c1-41-22-8-6-7-20(18-22)31(38)30-29(25-11-4-5-12-26(25)36)34(32(39)23-9-2-3-10-24(23)33(34)40)28-16-13-19-17-21(35)14-15-27(19)37(28)30/h2-18,28-30H,1H3/t28-,29-,30-/m1/s1. The van der Waals surface area contributed by atoms with Crippen LogP contribution in [0.25, 0.3) is 6.08 Å². The van der Waals surface area contributed by atoms with Crippen LogP contribution in [0, 0.1) is 5.41 Å². The molecule has 4 aromatic carbocycles. The van der Waals surface area contributed by atoms with Crippen molar-refractivity contribution in [2.24, 2.45) is 5.41 Å². The van der Waals surface area contributed by atoms with Gasteiger partial charge in [-0.25, -0.2) is 0 Å². The first-order chi connectivity index (χ1) is 19.9. The Morgan fingerprint density at radius 1 is 0.854 bits per heavy atom. The normalized spacial score (nSPS) is 21.5. The van der Waals surface area contributed by atoms with Crippen LogP contribution in [-0.2, 0) is 0 Å². The maximum atomic E-state index is 14.8. The molecule has 0 aromatic heterocycles. The van der Waals surface area contributed by atoms with Crippen LogP contribution < -0.4 is 9.64 Å². The van der Waals surface area contributed by atoms with Crippen molar-refractivity contribution in [2.75, 3.05) is 12.0 Å². The smallest absolute Gasteiger partial charge is 0.186 e. The molecule has 0 radical (unpaired) electrons. The lowest BCUT2D eigenvalue weighted by molar-refractivity contribution is 0.0666. The number of carbonyl (C=O) groups is 3. The molecule has 1 aliphatic carbocycles. The summed E-state index contributed by atoms with van der Waals surface area (Å²) < 4.78 is 5.42. The van der Waals surface area contributed by atoms with Gasteiger partial charge in [0.1, 0.15) is 17.2 Å². The van der Waals surface area contributed by atoms with Crippen LogP contribution in [-0.4, -0.2) is 36.5 Å². The van der Waals surface area contributed by atoms with Crippen molar-refractivity contribution < 1.29 is 19.1 Å². The zero-order chi connectivity index (χ0) is 28.5. The molecule has 7 heteroatoms. The maximum absolute atomic E-state index is 14.8. The molecule has 0 amide bonds. The van der Waals surface area contributed by atoms with Gasteiger partial charge in [-0.1, -0.05) is 90.0 Å². The number of hydrogen-bond donors (Lipinski definition) is 0. The molecular formula is C34H23Cl2NO4. The number of nitrogens with zero attached hydrogens (tertiary/aromatic N) is 1. The third-order valence-corrected chi connectivity index (χ3v) is 9.21. The Morgan fingerprint density at radius 3 is 2.27 bits per heavy atom. The summed E-state index contributed by atoms with van der Waals surface area (Å²) in [4.78, 5) is 46.0. The van der Waals surface area contributed by atoms with Gasteiger partial charge in [0.05, 0.1) is 13.2 Å². The van der Waals surface area contributed by atoms with E-state index in [1.807, 2.05) is 41.3 Å². The van der Waals surface area contributed by atoms with E-state index in [9.17, 15) is 14.4 Å². The van der Waals surface area contributed by atoms with Crippen LogP contribution in [0.3, 0.4) is 0 Å². The highest BCUT2D eigenvalue weighted by molar-refractivity contribution is 6.34. The molecule has 1 saturated heterocycles. The van der Waals surface area contributed by atoms with Crippen LogP contribution in [0.4, 0.5) is 5.69 Å². The third-order valence-electron chi connectivity index (χ3n) is 8.63. The third kappa shape index (κ3) is 3.52. The number of fused-ring (bicyclic) bond motifs is 5. The van der Waals surface area contributed by atoms with Crippen molar-refractivity contribution in [1.29, 1.82) is 0 Å². The minimum atomic E-state index is -1.62. The van der Waals surface area contributed by atoms with E-state index in [-0.39, 0.29) is 17.3 Å². The summed E-state index contributed by atoms with van der Waals surface area (Å²) in [6.07, 6.45) is 3.75. The number of rotatable bonds is 4. The summed E-state index contributed by atoms with van der Waals surface area (Å²) in [5, 5.41) is 0.927. The average Bonchev–Trinajstić information content (AvgIpc) is 3.43. The summed E-state index contributed by atoms with van der Waals surface area (Å²) in [7, 11) is 1.54. The highest BCUT2D eigenvalue weighted by Gasteiger charge is 2.71. The minimum absolute atomic E-state index is 0.247. The quantitative estimate of drug-likeness (QED) is 0.187. The Hall–Kier alpha value is -4.19. The first kappa shape index (κ1) is 25.8. The summed E-state index contributed by atoms with van der Waals surface area (Å²) in [5.41, 5.74) is 1.59. The van der Waals surface area contributed by atoms with E-state index in [4.69, 9.17) is 27.9 Å².